The lowest BCUT2D eigenvalue weighted by Gasteiger charge is -2.49. The molecule has 2 aromatic heterocycles. The number of nitrogen functional groups attached to an aromatic ring is 1. The van der Waals surface area contributed by atoms with Gasteiger partial charge in [-0.3, -0.25) is 14.5 Å². The van der Waals surface area contributed by atoms with Crippen LogP contribution in [0.4, 0.5) is 5.13 Å². The van der Waals surface area contributed by atoms with Crippen LogP contribution in [0.3, 0.4) is 0 Å². The van der Waals surface area contributed by atoms with E-state index in [1.165, 1.54) is 28.9 Å². The maximum absolute atomic E-state index is 12.8. The smallest absolute Gasteiger partial charge is 0.352 e. The van der Waals surface area contributed by atoms with E-state index in [0.717, 1.165) is 16.2 Å². The van der Waals surface area contributed by atoms with Crippen molar-refractivity contribution < 1.29 is 29.8 Å². The lowest BCUT2D eigenvalue weighted by Crippen LogP contribution is -2.71. The van der Waals surface area contributed by atoms with Crippen molar-refractivity contribution in [3.63, 3.8) is 0 Å². The predicted molar refractivity (Wildman–Crippen MR) is 122 cm³/mol. The van der Waals surface area contributed by atoms with Crippen molar-refractivity contribution in [2.24, 2.45) is 12.2 Å². The molecule has 2 aliphatic heterocycles. The molecule has 2 aliphatic rings. The minimum absolute atomic E-state index is 0.0565. The highest BCUT2D eigenvalue weighted by atomic mass is 32.2. The first-order valence-corrected chi connectivity index (χ1v) is 12.4. The first-order chi connectivity index (χ1) is 16.3. The Kier molecular flexibility index (Phi) is 6.78. The summed E-state index contributed by atoms with van der Waals surface area (Å²) in [7, 11) is 1.68. The molecule has 0 radical (unpaired) electrons. The SMILES string of the molecule is Cn1c(CO)nnc1SCC1=C(C(=O)O)N2C(=O)C(NC(=O)C(=NO)c3csc(N)n3)[C@@H]2SC1. The molecule has 2 amide bonds. The lowest BCUT2D eigenvalue weighted by molar-refractivity contribution is -0.150. The number of carbonyl (C=O) groups excluding carboxylic acids is 2. The Labute approximate surface area is 203 Å². The van der Waals surface area contributed by atoms with Gasteiger partial charge in [-0.05, 0) is 5.57 Å². The van der Waals surface area contributed by atoms with Crippen LogP contribution in [0.25, 0.3) is 0 Å². The van der Waals surface area contributed by atoms with E-state index in [4.69, 9.17) is 5.73 Å². The molecule has 2 atom stereocenters. The van der Waals surface area contributed by atoms with Crippen molar-refractivity contribution in [1.82, 2.24) is 30.0 Å². The number of aromatic nitrogens is 4. The maximum Gasteiger partial charge on any atom is 0.352 e. The van der Waals surface area contributed by atoms with Gasteiger partial charge in [0.15, 0.2) is 21.8 Å². The molecule has 1 saturated heterocycles. The highest BCUT2D eigenvalue weighted by molar-refractivity contribution is 8.01. The van der Waals surface area contributed by atoms with Gasteiger partial charge in [0, 0.05) is 23.9 Å². The number of aliphatic hydroxyl groups excluding tert-OH is 1. The van der Waals surface area contributed by atoms with Crippen LogP contribution in [-0.4, -0.2) is 86.5 Å². The number of nitrogens with zero attached hydrogens (tertiary/aromatic N) is 6. The third-order valence-electron chi connectivity index (χ3n) is 5.06. The van der Waals surface area contributed by atoms with E-state index in [-0.39, 0.29) is 28.9 Å². The van der Waals surface area contributed by atoms with Gasteiger partial charge in [-0.15, -0.1) is 33.3 Å². The number of hydrogen-bond donors (Lipinski definition) is 5. The Hall–Kier alpha value is -3.15. The van der Waals surface area contributed by atoms with Gasteiger partial charge in [0.05, 0.1) is 0 Å². The molecule has 0 aromatic carbocycles. The fraction of sp³-hybridized carbons (Fsp3) is 0.353. The van der Waals surface area contributed by atoms with Gasteiger partial charge in [-0.2, -0.15) is 0 Å². The molecular weight excluding hydrogens is 508 g/mol. The van der Waals surface area contributed by atoms with Gasteiger partial charge < -0.3 is 31.0 Å². The minimum atomic E-state index is -1.26. The number of fused-ring (bicyclic) bond motifs is 1. The van der Waals surface area contributed by atoms with Crippen LogP contribution in [0.5, 0.6) is 0 Å². The largest absolute Gasteiger partial charge is 0.477 e. The van der Waals surface area contributed by atoms with E-state index in [9.17, 15) is 29.8 Å². The van der Waals surface area contributed by atoms with Crippen LogP contribution < -0.4 is 11.1 Å². The number of carbonyl (C=O) groups is 3. The monoisotopic (exact) mass is 526 g/mol. The molecular formula is C17H18N8O6S3. The van der Waals surface area contributed by atoms with Crippen molar-refractivity contribution in [2.45, 2.75) is 23.2 Å². The summed E-state index contributed by atoms with van der Waals surface area (Å²) in [4.78, 5) is 42.4. The second-order valence-electron chi connectivity index (χ2n) is 7.04. The van der Waals surface area contributed by atoms with E-state index in [0.29, 0.717) is 22.3 Å². The Morgan fingerprint density at radius 3 is 2.76 bits per heavy atom. The van der Waals surface area contributed by atoms with Crippen LogP contribution in [0.2, 0.25) is 0 Å². The van der Waals surface area contributed by atoms with Crippen LogP contribution in [0, 0.1) is 0 Å². The van der Waals surface area contributed by atoms with Crippen molar-refractivity contribution in [3.8, 4) is 0 Å². The summed E-state index contributed by atoms with van der Waals surface area (Å²) < 4.78 is 1.60. The summed E-state index contributed by atoms with van der Waals surface area (Å²) in [6, 6.07) is -1.00. The summed E-state index contributed by atoms with van der Waals surface area (Å²) in [5, 5.41) is 43.0. The quantitative estimate of drug-likeness (QED) is 0.0927. The number of thiazole rings is 1. The van der Waals surface area contributed by atoms with Crippen LogP contribution in [-0.2, 0) is 28.0 Å². The van der Waals surface area contributed by atoms with Crippen LogP contribution in [0.15, 0.2) is 27.0 Å². The van der Waals surface area contributed by atoms with Gasteiger partial charge in [0.25, 0.3) is 11.8 Å². The van der Waals surface area contributed by atoms with E-state index in [1.54, 1.807) is 11.6 Å². The predicted octanol–water partition coefficient (Wildman–Crippen LogP) is -0.945. The molecule has 4 rings (SSSR count). The van der Waals surface area contributed by atoms with E-state index >= 15 is 0 Å². The number of β-lactam (4-membered cyclic amide) rings is 1. The lowest BCUT2D eigenvalue weighted by atomic mass is 10.0. The Bertz CT molecular complexity index is 1220. The average molecular weight is 527 g/mol. The first-order valence-electron chi connectivity index (χ1n) is 9.53. The zero-order chi connectivity index (χ0) is 24.6. The number of oxime groups is 1. The summed E-state index contributed by atoms with van der Waals surface area (Å²) in [5.74, 6) is -1.77. The number of thioether (sulfide) groups is 2. The van der Waals surface area contributed by atoms with Gasteiger partial charge in [-0.1, -0.05) is 16.9 Å². The molecule has 1 fully saturated rings. The van der Waals surface area contributed by atoms with Crippen molar-refractivity contribution in [2.75, 3.05) is 17.2 Å². The number of hydrogen-bond acceptors (Lipinski definition) is 13. The fourth-order valence-electron chi connectivity index (χ4n) is 3.37. The van der Waals surface area contributed by atoms with Gasteiger partial charge in [-0.25, -0.2) is 9.78 Å². The molecule has 0 bridgehead atoms. The van der Waals surface area contributed by atoms with E-state index in [2.05, 4.69) is 25.7 Å². The third-order valence-corrected chi connectivity index (χ3v) is 8.18. The zero-order valence-electron chi connectivity index (χ0n) is 17.4. The number of carboxylic acids is 1. The number of nitrogens with one attached hydrogen (secondary N) is 1. The maximum atomic E-state index is 12.8. The summed E-state index contributed by atoms with van der Waals surface area (Å²) in [5.41, 5.74) is 5.57. The van der Waals surface area contributed by atoms with Gasteiger partial charge in [0.2, 0.25) is 0 Å². The molecule has 6 N–H and O–H groups in total. The number of rotatable bonds is 8. The minimum Gasteiger partial charge on any atom is -0.477 e. The highest BCUT2D eigenvalue weighted by Crippen LogP contribution is 2.41. The molecule has 0 aliphatic carbocycles. The molecule has 4 heterocycles. The van der Waals surface area contributed by atoms with Crippen LogP contribution in [0.1, 0.15) is 11.5 Å². The second kappa shape index (κ2) is 9.61. The van der Waals surface area contributed by atoms with Gasteiger partial charge in [0.1, 0.15) is 29.4 Å². The third kappa shape index (κ3) is 4.22. The van der Waals surface area contributed by atoms with E-state index < -0.39 is 34.9 Å². The average Bonchev–Trinajstić information content (AvgIpc) is 3.40. The summed E-state index contributed by atoms with van der Waals surface area (Å²) in [6.45, 7) is -0.279. The standard InChI is InChI=1S/C17H18N8O6S3/c1-24-8(2-26)21-22-17(24)34-4-6-3-32-14-10(13(28)25(14)11(6)15(29)30)20-12(27)9(23-31)7-5-33-16(18)19-7/h5,10,14,26,31H,2-4H2,1H3,(H2,18,19)(H,20,27)(H,29,30)/t10?,14-/m0/s1. The van der Waals surface area contributed by atoms with E-state index in [1.807, 2.05) is 0 Å². The zero-order valence-corrected chi connectivity index (χ0v) is 19.9. The molecule has 0 spiro atoms. The molecule has 17 heteroatoms. The Morgan fingerprint density at radius 1 is 1.41 bits per heavy atom. The number of nitrogens with two attached hydrogens (primary N) is 1. The Morgan fingerprint density at radius 2 is 2.18 bits per heavy atom. The second-order valence-corrected chi connectivity index (χ2v) is 9.98. The van der Waals surface area contributed by atoms with Crippen molar-refractivity contribution in [1.29, 1.82) is 0 Å². The summed E-state index contributed by atoms with van der Waals surface area (Å²) >= 11 is 3.59. The highest BCUT2D eigenvalue weighted by Gasteiger charge is 2.54. The molecule has 1 unspecified atom stereocenters. The molecule has 0 saturated carbocycles. The van der Waals surface area contributed by atoms with Crippen LogP contribution >= 0.6 is 34.9 Å². The van der Waals surface area contributed by atoms with Gasteiger partial charge >= 0.3 is 5.97 Å². The number of carboxylic acid groups (broad SMARTS) is 1. The summed E-state index contributed by atoms with van der Waals surface area (Å²) in [6.07, 6.45) is 0. The van der Waals surface area contributed by atoms with Crippen molar-refractivity contribution >= 4 is 63.5 Å². The Balaban J connectivity index is 1.48. The number of aliphatic carboxylic acids is 1. The topological polar surface area (TPSA) is 209 Å². The first kappa shape index (κ1) is 24.0. The van der Waals surface area contributed by atoms with Crippen molar-refractivity contribution in [3.05, 3.63) is 28.2 Å². The normalized spacial score (nSPS) is 20.2. The number of amides is 2. The molecule has 14 nitrogen and oxygen atoms in total. The molecule has 180 valence electrons. The molecule has 34 heavy (non-hydrogen) atoms. The fourth-order valence-corrected chi connectivity index (χ4v) is 6.34. The number of aliphatic hydroxyl groups is 1. The number of anilines is 1. The molecule has 2 aromatic rings.